The first-order valence-corrected chi connectivity index (χ1v) is 14.0. The highest BCUT2D eigenvalue weighted by Gasteiger charge is 2.27. The summed E-state index contributed by atoms with van der Waals surface area (Å²) in [7, 11) is 1.27. The first kappa shape index (κ1) is 32.2. The highest BCUT2D eigenvalue weighted by Crippen LogP contribution is 2.35. The van der Waals surface area contributed by atoms with E-state index in [1.165, 1.54) is 38.6 Å². The lowest BCUT2D eigenvalue weighted by molar-refractivity contribution is -0.0613. The minimum atomic E-state index is -1.07. The Balaban J connectivity index is 0.000000294. The van der Waals surface area contributed by atoms with Gasteiger partial charge in [0.25, 0.3) is 0 Å². The maximum Gasteiger partial charge on any atom is 0.444 e. The molecule has 1 aliphatic carbocycles. The van der Waals surface area contributed by atoms with E-state index in [2.05, 4.69) is 45.6 Å². The molecule has 41 heavy (non-hydrogen) atoms. The summed E-state index contributed by atoms with van der Waals surface area (Å²) < 4.78 is 33.1. The Morgan fingerprint density at radius 3 is 2.51 bits per heavy atom. The topological polar surface area (TPSA) is 141 Å². The third-order valence-corrected chi connectivity index (χ3v) is 7.03. The number of nitrogens with zero attached hydrogens (tertiary/aromatic N) is 5. The highest BCUT2D eigenvalue weighted by molar-refractivity contribution is 6.33. The predicted octanol–water partition coefficient (Wildman–Crippen LogP) is 5.21. The van der Waals surface area contributed by atoms with Crippen molar-refractivity contribution in [3.8, 4) is 11.3 Å². The lowest BCUT2D eigenvalue weighted by Gasteiger charge is -2.35. The second-order valence-electron chi connectivity index (χ2n) is 10.1. The van der Waals surface area contributed by atoms with Crippen LogP contribution in [0.4, 0.5) is 25.6 Å². The molecular formula is C27H38ClF2N7O4. The number of amides is 1. The molecule has 1 saturated heterocycles. The number of carbonyl (C=O) groups is 1. The number of anilines is 2. The number of nitrogens with two attached hydrogens (primary N) is 1. The summed E-state index contributed by atoms with van der Waals surface area (Å²) >= 11 is 6.24. The van der Waals surface area contributed by atoms with Gasteiger partial charge in [0.05, 0.1) is 47.8 Å². The number of carbonyl (C=O) groups excluding carboxylic acids is 1. The second-order valence-corrected chi connectivity index (χ2v) is 10.6. The molecule has 5 rings (SSSR count). The Bertz CT molecular complexity index is 1300. The third-order valence-electron chi connectivity index (χ3n) is 6.76. The van der Waals surface area contributed by atoms with Gasteiger partial charge < -0.3 is 30.4 Å². The van der Waals surface area contributed by atoms with Crippen LogP contribution in [0.1, 0.15) is 58.9 Å². The van der Waals surface area contributed by atoms with Crippen LogP contribution in [0.15, 0.2) is 18.3 Å². The molecule has 0 bridgehead atoms. The summed E-state index contributed by atoms with van der Waals surface area (Å²) in [5.74, 6) is 0.396. The van der Waals surface area contributed by atoms with Gasteiger partial charge in [-0.25, -0.2) is 29.1 Å². The zero-order valence-corrected chi connectivity index (χ0v) is 24.5. The van der Waals surface area contributed by atoms with Gasteiger partial charge in [0.2, 0.25) is 11.9 Å². The summed E-state index contributed by atoms with van der Waals surface area (Å²) in [6.07, 6.45) is 6.27. The van der Waals surface area contributed by atoms with Crippen molar-refractivity contribution in [2.75, 3.05) is 37.4 Å². The molecule has 0 radical (unpaired) electrons. The van der Waals surface area contributed by atoms with Crippen LogP contribution in [0.2, 0.25) is 5.02 Å². The largest absolute Gasteiger partial charge is 0.444 e. The number of aliphatic hydroxyl groups is 1. The van der Waals surface area contributed by atoms with Crippen LogP contribution in [-0.2, 0) is 9.68 Å². The van der Waals surface area contributed by atoms with Crippen molar-refractivity contribution in [2.45, 2.75) is 71.1 Å². The van der Waals surface area contributed by atoms with Gasteiger partial charge in [-0.05, 0) is 45.7 Å². The number of aromatic nitrogens is 4. The van der Waals surface area contributed by atoms with Crippen molar-refractivity contribution in [1.29, 1.82) is 0 Å². The number of nitrogen functional groups attached to an aromatic ring is 1. The van der Waals surface area contributed by atoms with E-state index in [-0.39, 0.29) is 24.1 Å². The second kappa shape index (κ2) is 15.1. The number of nitrogens with one attached hydrogen (secondary N) is 1. The molecule has 0 spiro atoms. The summed E-state index contributed by atoms with van der Waals surface area (Å²) in [6.45, 7) is 8.13. The number of fused-ring (bicyclic) bond motifs is 1. The fraction of sp³-hybridized carbons (Fsp3) is 0.556. The van der Waals surface area contributed by atoms with Crippen LogP contribution in [0.25, 0.3) is 22.3 Å². The van der Waals surface area contributed by atoms with E-state index in [9.17, 15) is 9.32 Å². The molecule has 1 saturated carbocycles. The molecular weight excluding hydrogens is 560 g/mol. The van der Waals surface area contributed by atoms with Crippen LogP contribution >= 0.6 is 11.6 Å². The normalized spacial score (nSPS) is 17.4. The van der Waals surface area contributed by atoms with Gasteiger partial charge in [-0.1, -0.05) is 30.9 Å². The molecule has 4 N–H and O–H groups in total. The van der Waals surface area contributed by atoms with Crippen molar-refractivity contribution < 1.29 is 28.5 Å². The summed E-state index contributed by atoms with van der Waals surface area (Å²) in [6, 6.07) is 3.48. The average Bonchev–Trinajstić information content (AvgIpc) is 3.35. The van der Waals surface area contributed by atoms with Gasteiger partial charge in [-0.3, -0.25) is 0 Å². The number of ether oxygens (including phenoxy) is 1. The predicted molar refractivity (Wildman–Crippen MR) is 154 cm³/mol. The molecule has 2 fully saturated rings. The number of morpholine rings is 1. The molecule has 226 valence electrons. The Labute approximate surface area is 242 Å². The standard InChI is InChI=1S/C19H22ClFN6O.C6H12O.C2H4FNO2/c1-10(2)27-15-7-12(16-13(20)8-23-18(22)24-16)6-14(21)17(15)25-19(27)26-4-5-28-9-11(26)3;7-6-4-2-1-3-5-6;1-4-2(5)6-3/h6-8,10-11H,4-5,9H2,1-3H3,(H2,22,23,24);6-7H,1-5H2;1H3,(H,4,5)/t11-;;/m1../s1. The number of benzene rings is 1. The lowest BCUT2D eigenvalue weighted by Crippen LogP contribution is -2.45. The zero-order valence-electron chi connectivity index (χ0n) is 23.7. The van der Waals surface area contributed by atoms with E-state index in [4.69, 9.17) is 27.2 Å². The van der Waals surface area contributed by atoms with Crippen molar-refractivity contribution in [3.63, 3.8) is 0 Å². The number of imidazole rings is 1. The van der Waals surface area contributed by atoms with E-state index in [0.29, 0.717) is 47.1 Å². The number of hydrogen-bond acceptors (Lipinski definition) is 9. The van der Waals surface area contributed by atoms with E-state index in [1.807, 2.05) is 16.0 Å². The van der Waals surface area contributed by atoms with Gasteiger partial charge in [-0.2, -0.15) is 0 Å². The Morgan fingerprint density at radius 2 is 1.98 bits per heavy atom. The molecule has 1 aliphatic heterocycles. The summed E-state index contributed by atoms with van der Waals surface area (Å²) in [4.78, 5) is 27.0. The molecule has 3 aromatic rings. The van der Waals surface area contributed by atoms with Crippen LogP contribution in [0.5, 0.6) is 0 Å². The number of aliphatic hydroxyl groups excluding tert-OH is 1. The van der Waals surface area contributed by atoms with Crippen LogP contribution in [-0.4, -0.2) is 69.7 Å². The first-order chi connectivity index (χ1) is 19.6. The lowest BCUT2D eigenvalue weighted by atomic mass is 9.98. The molecule has 11 nitrogen and oxygen atoms in total. The molecule has 14 heteroatoms. The maximum atomic E-state index is 15.0. The zero-order chi connectivity index (χ0) is 30.1. The quantitative estimate of drug-likeness (QED) is 0.371. The van der Waals surface area contributed by atoms with Crippen LogP contribution in [0.3, 0.4) is 0 Å². The van der Waals surface area contributed by atoms with E-state index >= 15 is 4.39 Å². The Morgan fingerprint density at radius 1 is 1.27 bits per heavy atom. The maximum absolute atomic E-state index is 15.0. The molecule has 1 atom stereocenters. The number of halogens is 3. The summed E-state index contributed by atoms with van der Waals surface area (Å²) in [5, 5.41) is 11.1. The van der Waals surface area contributed by atoms with E-state index < -0.39 is 11.9 Å². The van der Waals surface area contributed by atoms with Crippen molar-refractivity contribution in [3.05, 3.63) is 29.2 Å². The molecule has 2 aliphatic rings. The fourth-order valence-corrected chi connectivity index (χ4v) is 4.92. The average molecular weight is 598 g/mol. The minimum absolute atomic E-state index is 0.0359. The van der Waals surface area contributed by atoms with Crippen molar-refractivity contribution >= 4 is 40.6 Å². The smallest absolute Gasteiger partial charge is 0.393 e. The molecule has 1 aromatic carbocycles. The SMILES string of the molecule is CC(C)n1c(N2CCOC[C@H]2C)nc2c(F)cc(-c3nc(N)ncc3Cl)cc21.CNC(=O)OF.OC1CCCCC1. The van der Waals surface area contributed by atoms with Gasteiger partial charge in [0.15, 0.2) is 5.82 Å². The molecule has 1 amide bonds. The molecule has 0 unspecified atom stereocenters. The Hall–Kier alpha value is -3.29. The first-order valence-electron chi connectivity index (χ1n) is 13.6. The Kier molecular flexibility index (Phi) is 11.9. The summed E-state index contributed by atoms with van der Waals surface area (Å²) in [5.41, 5.74) is 7.64. The van der Waals surface area contributed by atoms with Crippen molar-refractivity contribution in [1.82, 2.24) is 24.8 Å². The van der Waals surface area contributed by atoms with E-state index in [0.717, 1.165) is 18.8 Å². The van der Waals surface area contributed by atoms with Gasteiger partial charge >= 0.3 is 6.09 Å². The van der Waals surface area contributed by atoms with Crippen LogP contribution < -0.4 is 16.0 Å². The third kappa shape index (κ3) is 8.37. The number of hydrogen-bond donors (Lipinski definition) is 3. The number of rotatable bonds is 3. The fourth-order valence-electron chi connectivity index (χ4n) is 4.72. The van der Waals surface area contributed by atoms with Gasteiger partial charge in [0, 0.05) is 29.7 Å². The molecule has 3 heterocycles. The monoisotopic (exact) mass is 597 g/mol. The van der Waals surface area contributed by atoms with Crippen LogP contribution in [0, 0.1) is 5.82 Å². The van der Waals surface area contributed by atoms with Gasteiger partial charge in [0.1, 0.15) is 5.52 Å². The van der Waals surface area contributed by atoms with E-state index in [1.54, 1.807) is 0 Å². The van der Waals surface area contributed by atoms with Gasteiger partial charge in [-0.15, -0.1) is 0 Å². The molecule has 2 aromatic heterocycles. The minimum Gasteiger partial charge on any atom is -0.393 e. The van der Waals surface area contributed by atoms with Crippen molar-refractivity contribution in [2.24, 2.45) is 0 Å². The highest BCUT2D eigenvalue weighted by atomic mass is 35.5.